The van der Waals surface area contributed by atoms with E-state index in [4.69, 9.17) is 4.52 Å². The SMILES string of the molecule is CC(C)(O)c1cc(Br)no1. The van der Waals surface area contributed by atoms with Crippen LogP contribution >= 0.6 is 15.9 Å². The molecule has 0 radical (unpaired) electrons. The third kappa shape index (κ3) is 1.58. The first kappa shape index (κ1) is 7.75. The molecule has 1 rings (SSSR count). The Balaban J connectivity index is 2.96. The number of hydrogen-bond donors (Lipinski definition) is 1. The molecule has 0 bridgehead atoms. The lowest BCUT2D eigenvalue weighted by Gasteiger charge is -2.10. The van der Waals surface area contributed by atoms with Crippen LogP contribution in [0.1, 0.15) is 19.6 Å². The molecule has 4 heteroatoms. The highest BCUT2D eigenvalue weighted by Gasteiger charge is 2.20. The van der Waals surface area contributed by atoms with E-state index in [0.29, 0.717) is 10.4 Å². The van der Waals surface area contributed by atoms with Crippen LogP contribution in [0.25, 0.3) is 0 Å². The highest BCUT2D eigenvalue weighted by atomic mass is 79.9. The molecule has 1 aromatic rings. The molecule has 10 heavy (non-hydrogen) atoms. The Morgan fingerprint density at radius 3 is 2.50 bits per heavy atom. The predicted octanol–water partition coefficient (Wildman–Crippen LogP) is 1.66. The first-order chi connectivity index (χ1) is 4.50. The Bertz CT molecular complexity index is 226. The second-order valence-electron chi connectivity index (χ2n) is 2.57. The van der Waals surface area contributed by atoms with Crippen molar-refractivity contribution in [3.8, 4) is 0 Å². The third-order valence-corrected chi connectivity index (χ3v) is 1.46. The molecule has 0 unspecified atom stereocenters. The van der Waals surface area contributed by atoms with Crippen LogP contribution in [0.4, 0.5) is 0 Å². The summed E-state index contributed by atoms with van der Waals surface area (Å²) in [5, 5.41) is 12.9. The number of hydrogen-bond acceptors (Lipinski definition) is 3. The first-order valence-electron chi connectivity index (χ1n) is 2.85. The number of aliphatic hydroxyl groups is 1. The second-order valence-corrected chi connectivity index (χ2v) is 3.39. The van der Waals surface area contributed by atoms with Gasteiger partial charge < -0.3 is 9.63 Å². The molecular weight excluding hydrogens is 198 g/mol. The van der Waals surface area contributed by atoms with Gasteiger partial charge in [0.15, 0.2) is 5.76 Å². The molecule has 0 aliphatic rings. The van der Waals surface area contributed by atoms with Crippen LogP contribution in [0.3, 0.4) is 0 Å². The lowest BCUT2D eigenvalue weighted by Crippen LogP contribution is -2.13. The summed E-state index contributed by atoms with van der Waals surface area (Å²) in [6.07, 6.45) is 0. The van der Waals surface area contributed by atoms with Crippen LogP contribution in [0, 0.1) is 0 Å². The summed E-state index contributed by atoms with van der Waals surface area (Å²) >= 11 is 3.11. The van der Waals surface area contributed by atoms with Gasteiger partial charge in [-0.1, -0.05) is 5.16 Å². The van der Waals surface area contributed by atoms with E-state index in [1.165, 1.54) is 0 Å². The molecular formula is C6H8BrNO2. The molecule has 0 saturated carbocycles. The average Bonchev–Trinajstić information content (AvgIpc) is 2.11. The van der Waals surface area contributed by atoms with E-state index in [1.807, 2.05) is 0 Å². The third-order valence-electron chi connectivity index (χ3n) is 1.08. The fourth-order valence-corrected chi connectivity index (χ4v) is 0.822. The summed E-state index contributed by atoms with van der Waals surface area (Å²) in [7, 11) is 0. The van der Waals surface area contributed by atoms with Crippen molar-refractivity contribution >= 4 is 15.9 Å². The average molecular weight is 206 g/mol. The molecule has 0 spiro atoms. The number of nitrogens with zero attached hydrogens (tertiary/aromatic N) is 1. The van der Waals surface area contributed by atoms with Gasteiger partial charge in [0.25, 0.3) is 0 Å². The second kappa shape index (κ2) is 2.36. The molecule has 56 valence electrons. The van der Waals surface area contributed by atoms with Gasteiger partial charge in [0, 0.05) is 6.07 Å². The van der Waals surface area contributed by atoms with Crippen LogP contribution in [0.2, 0.25) is 0 Å². The van der Waals surface area contributed by atoms with Crippen molar-refractivity contribution in [3.05, 3.63) is 16.4 Å². The van der Waals surface area contributed by atoms with Crippen LogP contribution in [0.15, 0.2) is 15.2 Å². The zero-order valence-electron chi connectivity index (χ0n) is 5.76. The minimum atomic E-state index is -0.945. The molecule has 0 aromatic carbocycles. The van der Waals surface area contributed by atoms with E-state index in [-0.39, 0.29) is 0 Å². The summed E-state index contributed by atoms with van der Waals surface area (Å²) in [6, 6.07) is 1.64. The Morgan fingerprint density at radius 1 is 1.70 bits per heavy atom. The van der Waals surface area contributed by atoms with Crippen molar-refractivity contribution < 1.29 is 9.63 Å². The zero-order valence-corrected chi connectivity index (χ0v) is 7.34. The van der Waals surface area contributed by atoms with Crippen LogP contribution in [-0.4, -0.2) is 10.3 Å². The highest BCUT2D eigenvalue weighted by Crippen LogP contribution is 2.21. The minimum absolute atomic E-state index is 0.458. The predicted molar refractivity (Wildman–Crippen MR) is 39.4 cm³/mol. The smallest absolute Gasteiger partial charge is 0.168 e. The number of halogens is 1. The number of aromatic nitrogens is 1. The maximum atomic E-state index is 9.35. The van der Waals surface area contributed by atoms with Gasteiger partial charge in [-0.3, -0.25) is 0 Å². The molecule has 0 aliphatic carbocycles. The lowest BCUT2D eigenvalue weighted by atomic mass is 10.1. The summed E-state index contributed by atoms with van der Waals surface area (Å²) in [5.41, 5.74) is -0.945. The summed E-state index contributed by atoms with van der Waals surface area (Å²) in [5.74, 6) is 0.458. The maximum Gasteiger partial charge on any atom is 0.168 e. The van der Waals surface area contributed by atoms with Gasteiger partial charge >= 0.3 is 0 Å². The first-order valence-corrected chi connectivity index (χ1v) is 3.64. The van der Waals surface area contributed by atoms with E-state index in [0.717, 1.165) is 0 Å². The molecule has 0 aliphatic heterocycles. The quantitative estimate of drug-likeness (QED) is 0.759. The Morgan fingerprint density at radius 2 is 2.30 bits per heavy atom. The minimum Gasteiger partial charge on any atom is -0.382 e. The lowest BCUT2D eigenvalue weighted by molar-refractivity contribution is 0.0475. The van der Waals surface area contributed by atoms with E-state index in [2.05, 4.69) is 21.1 Å². The fraction of sp³-hybridized carbons (Fsp3) is 0.500. The van der Waals surface area contributed by atoms with E-state index < -0.39 is 5.60 Å². The van der Waals surface area contributed by atoms with Crippen molar-refractivity contribution in [3.63, 3.8) is 0 Å². The Hall–Kier alpha value is -0.350. The van der Waals surface area contributed by atoms with Gasteiger partial charge in [-0.05, 0) is 29.8 Å². The van der Waals surface area contributed by atoms with Crippen molar-refractivity contribution in [2.45, 2.75) is 19.4 Å². The van der Waals surface area contributed by atoms with E-state index in [9.17, 15) is 5.11 Å². The van der Waals surface area contributed by atoms with Crippen LogP contribution in [0.5, 0.6) is 0 Å². The topological polar surface area (TPSA) is 46.3 Å². The molecule has 0 saturated heterocycles. The monoisotopic (exact) mass is 205 g/mol. The molecule has 1 heterocycles. The molecule has 1 aromatic heterocycles. The van der Waals surface area contributed by atoms with Crippen molar-refractivity contribution in [2.75, 3.05) is 0 Å². The zero-order chi connectivity index (χ0) is 7.78. The van der Waals surface area contributed by atoms with E-state index in [1.54, 1.807) is 19.9 Å². The molecule has 1 N–H and O–H groups in total. The standard InChI is InChI=1S/C6H8BrNO2/c1-6(2,9)4-3-5(7)8-10-4/h3,9H,1-2H3. The van der Waals surface area contributed by atoms with Gasteiger partial charge in [-0.25, -0.2) is 0 Å². The number of rotatable bonds is 1. The van der Waals surface area contributed by atoms with Gasteiger partial charge in [0.05, 0.1) is 0 Å². The largest absolute Gasteiger partial charge is 0.382 e. The van der Waals surface area contributed by atoms with E-state index >= 15 is 0 Å². The van der Waals surface area contributed by atoms with Gasteiger partial charge in [-0.2, -0.15) is 0 Å². The molecule has 0 atom stereocenters. The molecule has 3 nitrogen and oxygen atoms in total. The highest BCUT2D eigenvalue weighted by molar-refractivity contribution is 9.10. The van der Waals surface area contributed by atoms with Gasteiger partial charge in [0.1, 0.15) is 10.2 Å². The molecule has 0 fully saturated rings. The van der Waals surface area contributed by atoms with Crippen molar-refractivity contribution in [1.82, 2.24) is 5.16 Å². The van der Waals surface area contributed by atoms with Gasteiger partial charge in [-0.15, -0.1) is 0 Å². The van der Waals surface area contributed by atoms with Crippen molar-refractivity contribution in [1.29, 1.82) is 0 Å². The fourth-order valence-electron chi connectivity index (χ4n) is 0.542. The Kier molecular flexibility index (Phi) is 1.83. The van der Waals surface area contributed by atoms with Crippen LogP contribution < -0.4 is 0 Å². The molecule has 0 amide bonds. The van der Waals surface area contributed by atoms with Gasteiger partial charge in [0.2, 0.25) is 0 Å². The van der Waals surface area contributed by atoms with Crippen molar-refractivity contribution in [2.24, 2.45) is 0 Å². The normalized spacial score (nSPS) is 12.0. The van der Waals surface area contributed by atoms with Crippen LogP contribution in [-0.2, 0) is 5.60 Å². The summed E-state index contributed by atoms with van der Waals surface area (Å²) < 4.78 is 5.38. The summed E-state index contributed by atoms with van der Waals surface area (Å²) in [4.78, 5) is 0. The Labute approximate surface area is 67.2 Å². The summed E-state index contributed by atoms with van der Waals surface area (Å²) in [6.45, 7) is 3.28. The maximum absolute atomic E-state index is 9.35.